The van der Waals surface area contributed by atoms with E-state index in [1.54, 1.807) is 18.0 Å². The van der Waals surface area contributed by atoms with Crippen LogP contribution in [0.5, 0.6) is 0 Å². The van der Waals surface area contributed by atoms with Gasteiger partial charge in [0.15, 0.2) is 0 Å². The van der Waals surface area contributed by atoms with E-state index in [9.17, 15) is 4.79 Å². The number of nitrogens with zero attached hydrogens (tertiary/aromatic N) is 1. The van der Waals surface area contributed by atoms with E-state index in [1.165, 1.54) is 4.90 Å². The molecule has 0 fully saturated rings. The van der Waals surface area contributed by atoms with Crippen molar-refractivity contribution in [2.45, 2.75) is 5.25 Å². The summed E-state index contributed by atoms with van der Waals surface area (Å²) in [5, 5.41) is 11.1. The minimum absolute atomic E-state index is 0.395. The van der Waals surface area contributed by atoms with Gasteiger partial charge in [0, 0.05) is 23.9 Å². The first kappa shape index (κ1) is 7.73. The van der Waals surface area contributed by atoms with Crippen molar-refractivity contribution in [2.75, 3.05) is 6.54 Å². The van der Waals surface area contributed by atoms with Crippen molar-refractivity contribution in [2.24, 2.45) is 5.92 Å². The van der Waals surface area contributed by atoms with Crippen molar-refractivity contribution in [1.29, 1.82) is 0 Å². The second-order valence-corrected chi connectivity index (χ2v) is 4.01. The average molecular weight is 183 g/mol. The summed E-state index contributed by atoms with van der Waals surface area (Å²) >= 11 is 1.71. The topological polar surface area (TPSA) is 40.5 Å². The lowest BCUT2D eigenvalue weighted by Gasteiger charge is -2.26. The van der Waals surface area contributed by atoms with Crippen LogP contribution >= 0.6 is 11.8 Å². The molecule has 0 aliphatic carbocycles. The Hall–Kier alpha value is -0.900. The Bertz CT molecular complexity index is 262. The summed E-state index contributed by atoms with van der Waals surface area (Å²) in [6, 6.07) is 0. The third-order valence-electron chi connectivity index (χ3n) is 2.09. The van der Waals surface area contributed by atoms with Crippen LogP contribution in [0.25, 0.3) is 0 Å². The molecule has 0 saturated heterocycles. The van der Waals surface area contributed by atoms with Gasteiger partial charge in [-0.25, -0.2) is 4.79 Å². The van der Waals surface area contributed by atoms with Gasteiger partial charge >= 0.3 is 6.09 Å². The van der Waals surface area contributed by atoms with Gasteiger partial charge in [-0.05, 0) is 5.41 Å². The summed E-state index contributed by atoms with van der Waals surface area (Å²) in [5.74, 6) is 0.436. The first-order valence-electron chi connectivity index (χ1n) is 3.77. The molecule has 2 aliphatic heterocycles. The van der Waals surface area contributed by atoms with E-state index < -0.39 is 6.09 Å². The molecule has 64 valence electrons. The number of carboxylic acid groups (broad SMARTS) is 1. The summed E-state index contributed by atoms with van der Waals surface area (Å²) in [5.41, 5.74) is 0. The molecule has 2 unspecified atom stereocenters. The third-order valence-corrected chi connectivity index (χ3v) is 3.22. The molecular formula is C8H9NO2S. The van der Waals surface area contributed by atoms with Crippen LogP contribution in [0, 0.1) is 5.92 Å². The molecule has 2 rings (SSSR count). The quantitative estimate of drug-likeness (QED) is 0.622. The predicted octanol–water partition coefficient (Wildman–Crippen LogP) is 1.74. The highest BCUT2D eigenvalue weighted by Crippen LogP contribution is 2.33. The van der Waals surface area contributed by atoms with Crippen molar-refractivity contribution < 1.29 is 9.90 Å². The Morgan fingerprint density at radius 1 is 1.58 bits per heavy atom. The van der Waals surface area contributed by atoms with E-state index in [-0.39, 0.29) is 0 Å². The van der Waals surface area contributed by atoms with Crippen LogP contribution < -0.4 is 0 Å². The lowest BCUT2D eigenvalue weighted by Crippen LogP contribution is -2.36. The Morgan fingerprint density at radius 3 is 3.17 bits per heavy atom. The maximum absolute atomic E-state index is 10.6. The standard InChI is InChI=1S/C8H9NO2S/c10-8(11)9-3-1-6-2-4-12-7(6)5-9/h1-4,6-7H,5H2,(H,10,11). The molecule has 1 N–H and O–H groups in total. The van der Waals surface area contributed by atoms with E-state index in [4.69, 9.17) is 5.11 Å². The largest absolute Gasteiger partial charge is 0.465 e. The molecule has 0 saturated carbocycles. The fourth-order valence-corrected chi connectivity index (χ4v) is 2.49. The number of carbonyl (C=O) groups is 1. The van der Waals surface area contributed by atoms with Crippen LogP contribution in [-0.2, 0) is 0 Å². The Morgan fingerprint density at radius 2 is 2.42 bits per heavy atom. The highest BCUT2D eigenvalue weighted by molar-refractivity contribution is 8.03. The molecule has 2 heterocycles. The zero-order valence-electron chi connectivity index (χ0n) is 6.38. The van der Waals surface area contributed by atoms with Crippen molar-refractivity contribution >= 4 is 17.9 Å². The number of allylic oxidation sites excluding steroid dienone is 2. The minimum Gasteiger partial charge on any atom is -0.465 e. The molecule has 0 aromatic rings. The van der Waals surface area contributed by atoms with Crippen molar-refractivity contribution in [3.63, 3.8) is 0 Å². The molecule has 12 heavy (non-hydrogen) atoms. The number of hydrogen-bond acceptors (Lipinski definition) is 2. The summed E-state index contributed by atoms with van der Waals surface area (Å²) in [6.45, 7) is 0.605. The van der Waals surface area contributed by atoms with Crippen LogP contribution in [0.15, 0.2) is 23.8 Å². The normalized spacial score (nSPS) is 32.2. The summed E-state index contributed by atoms with van der Waals surface area (Å²) in [4.78, 5) is 11.9. The van der Waals surface area contributed by atoms with Crippen LogP contribution in [0.4, 0.5) is 4.79 Å². The monoisotopic (exact) mass is 183 g/mol. The molecule has 3 nitrogen and oxygen atoms in total. The lowest BCUT2D eigenvalue weighted by atomic mass is 10.0. The average Bonchev–Trinajstić information content (AvgIpc) is 2.49. The van der Waals surface area contributed by atoms with Crippen LogP contribution in [-0.4, -0.2) is 27.9 Å². The molecule has 0 aromatic heterocycles. The zero-order valence-corrected chi connectivity index (χ0v) is 7.20. The second kappa shape index (κ2) is 2.86. The fraction of sp³-hybridized carbons (Fsp3) is 0.375. The Balaban J connectivity index is 2.11. The number of fused-ring (bicyclic) bond motifs is 1. The lowest BCUT2D eigenvalue weighted by molar-refractivity contribution is 0.160. The van der Waals surface area contributed by atoms with Gasteiger partial charge in [0.2, 0.25) is 0 Å². The highest BCUT2D eigenvalue weighted by atomic mass is 32.2. The van der Waals surface area contributed by atoms with Crippen molar-refractivity contribution in [3.8, 4) is 0 Å². The number of hydrogen-bond donors (Lipinski definition) is 1. The predicted molar refractivity (Wildman–Crippen MR) is 47.9 cm³/mol. The number of rotatable bonds is 0. The van der Waals surface area contributed by atoms with Gasteiger partial charge in [-0.1, -0.05) is 12.2 Å². The van der Waals surface area contributed by atoms with Crippen LogP contribution in [0.1, 0.15) is 0 Å². The second-order valence-electron chi connectivity index (χ2n) is 2.86. The third kappa shape index (κ3) is 1.22. The van der Waals surface area contributed by atoms with Crippen molar-refractivity contribution in [1.82, 2.24) is 4.90 Å². The van der Waals surface area contributed by atoms with Gasteiger partial charge in [0.1, 0.15) is 0 Å². The van der Waals surface area contributed by atoms with Gasteiger partial charge in [-0.3, -0.25) is 4.90 Å². The molecule has 4 heteroatoms. The highest BCUT2D eigenvalue weighted by Gasteiger charge is 2.28. The maximum atomic E-state index is 10.6. The summed E-state index contributed by atoms with van der Waals surface area (Å²) in [6.07, 6.45) is 4.85. The van der Waals surface area contributed by atoms with Crippen LogP contribution in [0.2, 0.25) is 0 Å². The molecule has 2 aliphatic rings. The summed E-state index contributed by atoms with van der Waals surface area (Å²) < 4.78 is 0. The van der Waals surface area contributed by atoms with E-state index in [0.717, 1.165) is 0 Å². The van der Waals surface area contributed by atoms with Gasteiger partial charge in [-0.15, -0.1) is 11.8 Å². The number of thioether (sulfide) groups is 1. The van der Waals surface area contributed by atoms with Gasteiger partial charge in [0.05, 0.1) is 0 Å². The Labute approximate surface area is 74.7 Å². The first-order chi connectivity index (χ1) is 5.77. The molecule has 0 spiro atoms. The molecule has 0 bridgehead atoms. The van der Waals surface area contributed by atoms with Crippen LogP contribution in [0.3, 0.4) is 0 Å². The Kier molecular flexibility index (Phi) is 1.84. The SMILES string of the molecule is O=C(O)N1C=CC2C=CSC2C1. The zero-order chi connectivity index (χ0) is 8.55. The van der Waals surface area contributed by atoms with Gasteiger partial charge in [-0.2, -0.15) is 0 Å². The fourth-order valence-electron chi connectivity index (χ4n) is 1.40. The minimum atomic E-state index is -0.864. The molecular weight excluding hydrogens is 174 g/mol. The molecule has 1 amide bonds. The first-order valence-corrected chi connectivity index (χ1v) is 4.71. The molecule has 0 radical (unpaired) electrons. The van der Waals surface area contributed by atoms with E-state index >= 15 is 0 Å². The summed E-state index contributed by atoms with van der Waals surface area (Å²) in [7, 11) is 0. The van der Waals surface area contributed by atoms with Gasteiger partial charge in [0.25, 0.3) is 0 Å². The van der Waals surface area contributed by atoms with E-state index in [1.807, 2.05) is 11.5 Å². The van der Waals surface area contributed by atoms with Crippen molar-refractivity contribution in [3.05, 3.63) is 23.8 Å². The van der Waals surface area contributed by atoms with Gasteiger partial charge < -0.3 is 5.11 Å². The molecule has 0 aromatic carbocycles. The molecule has 2 atom stereocenters. The maximum Gasteiger partial charge on any atom is 0.411 e. The van der Waals surface area contributed by atoms with E-state index in [2.05, 4.69) is 6.08 Å². The van der Waals surface area contributed by atoms with E-state index in [0.29, 0.717) is 17.7 Å². The smallest absolute Gasteiger partial charge is 0.411 e. The number of amides is 1.